The predicted octanol–water partition coefficient (Wildman–Crippen LogP) is 17.3. The Hall–Kier alpha value is -10.4. The van der Waals surface area contributed by atoms with Gasteiger partial charge in [0.1, 0.15) is 23.8 Å². The van der Waals surface area contributed by atoms with Crippen LogP contribution < -0.4 is 74.1 Å². The zero-order valence-electron chi connectivity index (χ0n) is 56.8. The molecule has 14 aromatic carbocycles. The molecule has 0 amide bonds. The maximum atomic E-state index is 13.1. The molecule has 0 aliphatic rings. The van der Waals surface area contributed by atoms with Crippen molar-refractivity contribution in [2.45, 2.75) is 13.5 Å². The fraction of sp³-hybridized carbons (Fsp3) is 0.0217. The minimum Gasteiger partial charge on any atom is -0.487 e. The first-order valence-corrected chi connectivity index (χ1v) is 39.1. The van der Waals surface area contributed by atoms with Crippen LogP contribution in [0.5, 0.6) is 5.75 Å². The van der Waals surface area contributed by atoms with Gasteiger partial charge in [0.05, 0.1) is 11.4 Å². The number of fused-ring (bicyclic) bond motifs is 1. The van der Waals surface area contributed by atoms with Gasteiger partial charge < -0.3 is 4.74 Å². The summed E-state index contributed by atoms with van der Waals surface area (Å²) in [5.41, 5.74) is 2.40. The van der Waals surface area contributed by atoms with Crippen molar-refractivity contribution >= 4 is 101 Å². The Bertz CT molecular complexity index is 4270. The second kappa shape index (κ2) is 39.1. The van der Waals surface area contributed by atoms with E-state index in [0.29, 0.717) is 17.0 Å². The molecule has 11 heteroatoms. The molecule has 16 rings (SSSR count). The van der Waals surface area contributed by atoms with E-state index in [1.54, 1.807) is 24.5 Å². The molecule has 508 valence electrons. The van der Waals surface area contributed by atoms with Gasteiger partial charge in [0.15, 0.2) is 0 Å². The molecule has 2 aromatic heterocycles. The van der Waals surface area contributed by atoms with E-state index < -0.39 is 31.7 Å². The quantitative estimate of drug-likeness (QED) is 0.0715. The summed E-state index contributed by atoms with van der Waals surface area (Å²) < 4.78 is 21.8. The molecule has 0 aliphatic heterocycles. The van der Waals surface area contributed by atoms with Crippen LogP contribution in [0.25, 0.3) is 11.3 Å². The van der Waals surface area contributed by atoms with Crippen molar-refractivity contribution in [2.75, 3.05) is 0 Å². The fourth-order valence-corrected chi connectivity index (χ4v) is 20.7. The topological polar surface area (TPSA) is 48.5 Å². The first-order valence-electron chi connectivity index (χ1n) is 33.8. The summed E-state index contributed by atoms with van der Waals surface area (Å²) in [7, 11) is -1.78. The molecule has 0 unspecified atom stereocenters. The number of aryl methyl sites for hydroxylation is 1. The normalized spacial score (nSPS) is 10.6. The molecule has 0 radical (unpaired) electrons. The van der Waals surface area contributed by atoms with Crippen LogP contribution in [0.1, 0.15) is 11.3 Å². The van der Waals surface area contributed by atoms with E-state index in [0.717, 1.165) is 11.3 Å². The molecular weight excluding hydrogens is 1430 g/mol. The Kier molecular flexibility index (Phi) is 28.1. The number of para-hydroxylation sites is 1. The van der Waals surface area contributed by atoms with E-state index >= 15 is 0 Å². The predicted molar refractivity (Wildman–Crippen MR) is 437 cm³/mol. The van der Waals surface area contributed by atoms with Crippen molar-refractivity contribution in [1.82, 2.24) is 14.0 Å². The van der Waals surface area contributed by atoms with Crippen molar-refractivity contribution in [1.29, 1.82) is 0 Å². The standard InChI is InChI=1S/C20H16FN3O2.4C18H15P.Pd/c1-14-11-23(17-9-7-15(21)8-10-17)20(25)24-12-16(22-19(14)24)13-26-18-5-3-2-4-6-18;4*1-4-10-16(11-5-1)19(17-12-6-2-7-13-17)18-14-8-3-9-15-18;/h2-12H,13H2,1H3;4*1-15H;. The smallest absolute Gasteiger partial charge is 0.338 e. The van der Waals surface area contributed by atoms with Crippen LogP contribution in [0.2, 0.25) is 0 Å². The maximum Gasteiger partial charge on any atom is 0.338 e. The van der Waals surface area contributed by atoms with Crippen LogP contribution >= 0.6 is 31.7 Å². The summed E-state index contributed by atoms with van der Waals surface area (Å²) in [4.78, 5) is 17.3. The number of imidazole rings is 1. The monoisotopic (exact) mass is 1500 g/mol. The number of ether oxygens (including phenoxy) is 1. The van der Waals surface area contributed by atoms with Crippen molar-refractivity contribution in [3.63, 3.8) is 0 Å². The Labute approximate surface area is 623 Å². The number of benzene rings is 14. The van der Waals surface area contributed by atoms with Crippen molar-refractivity contribution in [2.24, 2.45) is 0 Å². The number of rotatable bonds is 16. The van der Waals surface area contributed by atoms with Gasteiger partial charge in [-0.2, -0.15) is 0 Å². The molecule has 0 saturated carbocycles. The molecule has 0 fully saturated rings. The van der Waals surface area contributed by atoms with E-state index in [1.807, 2.05) is 37.3 Å². The number of aromatic nitrogens is 3. The number of hydrogen-bond acceptors (Lipinski definition) is 3. The average molecular weight is 1500 g/mol. The van der Waals surface area contributed by atoms with Crippen LogP contribution in [0.4, 0.5) is 4.39 Å². The Balaban J connectivity index is 0.000000130. The third-order valence-electron chi connectivity index (χ3n) is 16.3. The molecule has 5 nitrogen and oxygen atoms in total. The van der Waals surface area contributed by atoms with E-state index in [9.17, 15) is 9.18 Å². The van der Waals surface area contributed by atoms with Gasteiger partial charge in [-0.1, -0.05) is 382 Å². The largest absolute Gasteiger partial charge is 0.487 e. The minimum atomic E-state index is -0.446. The molecule has 0 saturated heterocycles. The van der Waals surface area contributed by atoms with Gasteiger partial charge in [-0.05, 0) is 139 Å². The van der Waals surface area contributed by atoms with Crippen molar-refractivity contribution in [3.8, 4) is 11.4 Å². The molecule has 0 aliphatic carbocycles. The third-order valence-corrected chi connectivity index (χ3v) is 26.0. The molecule has 16 aromatic rings. The summed E-state index contributed by atoms with van der Waals surface area (Å²) >= 11 is 0. The zero-order valence-corrected chi connectivity index (χ0v) is 62.0. The van der Waals surface area contributed by atoms with Crippen molar-refractivity contribution < 1.29 is 29.6 Å². The Morgan fingerprint density at radius 1 is 0.301 bits per heavy atom. The van der Waals surface area contributed by atoms with Gasteiger partial charge >= 0.3 is 5.69 Å². The summed E-state index contributed by atoms with van der Waals surface area (Å²) in [6.45, 7) is 2.14. The summed E-state index contributed by atoms with van der Waals surface area (Å²) in [5.74, 6) is 0.396. The molecule has 0 bridgehead atoms. The van der Waals surface area contributed by atoms with Gasteiger partial charge in [0, 0.05) is 38.4 Å². The number of hydrogen-bond donors (Lipinski definition) is 0. The van der Waals surface area contributed by atoms with E-state index in [4.69, 9.17) is 4.74 Å². The van der Waals surface area contributed by atoms with Gasteiger partial charge in [0.2, 0.25) is 0 Å². The third kappa shape index (κ3) is 20.7. The Morgan fingerprint density at radius 2 is 0.515 bits per heavy atom. The number of halogens is 1. The molecule has 103 heavy (non-hydrogen) atoms. The first-order chi connectivity index (χ1) is 50.4. The molecule has 0 atom stereocenters. The second-order valence-electron chi connectivity index (χ2n) is 23.3. The zero-order chi connectivity index (χ0) is 69.8. The van der Waals surface area contributed by atoms with Gasteiger partial charge in [-0.25, -0.2) is 14.2 Å². The molecule has 0 N–H and O–H groups in total. The van der Waals surface area contributed by atoms with Crippen LogP contribution in [0.15, 0.2) is 436 Å². The van der Waals surface area contributed by atoms with Gasteiger partial charge in [-0.15, -0.1) is 0 Å². The SMILES string of the molecule is Cc1cn(-c2ccc(F)cc2)c(=O)n2cc(COc3ccccc3)nc12.[Pd].c1ccc(P(c2ccccc2)c2ccccc2)cc1.c1ccc(P(c2ccccc2)c2ccccc2)cc1.c1ccc(P(c2ccccc2)c2ccccc2)cc1.c1ccc(P(c2ccccc2)c2ccccc2)cc1. The Morgan fingerprint density at radius 3 is 0.738 bits per heavy atom. The van der Waals surface area contributed by atoms with Gasteiger partial charge in [-0.3, -0.25) is 8.97 Å². The van der Waals surface area contributed by atoms with Gasteiger partial charge in [0.25, 0.3) is 0 Å². The summed E-state index contributed by atoms with van der Waals surface area (Å²) in [6, 6.07) is 145. The van der Waals surface area contributed by atoms with Crippen LogP contribution in [0, 0.1) is 12.7 Å². The molecular formula is C92H76FN3O2P4Pd. The maximum absolute atomic E-state index is 13.1. The van der Waals surface area contributed by atoms with E-state index in [1.165, 1.54) is 84.8 Å². The minimum absolute atomic E-state index is 0. The van der Waals surface area contributed by atoms with Crippen LogP contribution in [0.3, 0.4) is 0 Å². The molecule has 2 heterocycles. The van der Waals surface area contributed by atoms with E-state index in [2.05, 4.69) is 369 Å². The van der Waals surface area contributed by atoms with Crippen molar-refractivity contribution in [3.05, 3.63) is 459 Å². The molecule has 0 spiro atoms. The first kappa shape index (κ1) is 73.8. The average Bonchev–Trinajstić information content (AvgIpc) is 1.66. The van der Waals surface area contributed by atoms with Crippen LogP contribution in [-0.4, -0.2) is 14.0 Å². The summed E-state index contributed by atoms with van der Waals surface area (Å²) in [6.07, 6.45) is 3.38. The summed E-state index contributed by atoms with van der Waals surface area (Å²) in [5, 5.41) is 16.8. The van der Waals surface area contributed by atoms with E-state index in [-0.39, 0.29) is 38.5 Å². The van der Waals surface area contributed by atoms with Crippen LogP contribution in [-0.2, 0) is 27.0 Å². The fourth-order valence-electron chi connectivity index (χ4n) is 11.5. The second-order valence-corrected chi connectivity index (χ2v) is 32.2. The number of nitrogens with zero attached hydrogens (tertiary/aromatic N) is 3.